The van der Waals surface area contributed by atoms with Gasteiger partial charge in [0, 0.05) is 5.02 Å². The average Bonchev–Trinajstić information content (AvgIpc) is 3.43. The lowest BCUT2D eigenvalue weighted by Gasteiger charge is -2.06. The highest BCUT2D eigenvalue weighted by molar-refractivity contribution is 6.30. The van der Waals surface area contributed by atoms with Crippen LogP contribution < -0.4 is 4.74 Å². The van der Waals surface area contributed by atoms with Gasteiger partial charge in [-0.1, -0.05) is 30.7 Å². The Morgan fingerprint density at radius 3 is 2.35 bits per heavy atom. The molecule has 5 rings (SSSR count). The number of nitrogens with zero attached hydrogens (tertiary/aromatic N) is 6. The minimum absolute atomic E-state index is 0.0394. The molecule has 9 nitrogen and oxygen atoms in total. The summed E-state index contributed by atoms with van der Waals surface area (Å²) in [5, 5.41) is 19.2. The van der Waals surface area contributed by atoms with Crippen LogP contribution in [0.1, 0.15) is 18.3 Å². The van der Waals surface area contributed by atoms with E-state index in [4.69, 9.17) is 31.3 Å². The lowest BCUT2D eigenvalue weighted by Crippen LogP contribution is -2.06. The molecule has 34 heavy (non-hydrogen) atoms. The molecule has 0 saturated heterocycles. The van der Waals surface area contributed by atoms with Crippen molar-refractivity contribution in [1.29, 1.82) is 0 Å². The van der Waals surface area contributed by atoms with Crippen LogP contribution in [-0.4, -0.2) is 49.8 Å². The van der Waals surface area contributed by atoms with Crippen molar-refractivity contribution in [2.45, 2.75) is 19.8 Å². The van der Waals surface area contributed by atoms with Crippen molar-refractivity contribution < 1.29 is 14.3 Å². The van der Waals surface area contributed by atoms with E-state index < -0.39 is 5.97 Å². The van der Waals surface area contributed by atoms with Crippen LogP contribution in [0.25, 0.3) is 33.6 Å². The van der Waals surface area contributed by atoms with Gasteiger partial charge in [-0.25, -0.2) is 4.68 Å². The number of methoxy groups -OCH3 is 2. The third-order valence-electron chi connectivity index (χ3n) is 5.61. The summed E-state index contributed by atoms with van der Waals surface area (Å²) in [6.07, 6.45) is 0.650. The SMILES string of the molecule is CCc1nn2c(nnc3c(CC(=O)OC)nn(-c4ccc(OC)cc4)c32)c1-c1ccc(Cl)cc1. The van der Waals surface area contributed by atoms with Crippen LogP contribution >= 0.6 is 11.6 Å². The third-order valence-corrected chi connectivity index (χ3v) is 5.86. The summed E-state index contributed by atoms with van der Waals surface area (Å²) in [5.74, 6) is 0.303. The van der Waals surface area contributed by atoms with Gasteiger partial charge in [0.2, 0.25) is 0 Å². The molecule has 10 heteroatoms. The van der Waals surface area contributed by atoms with Crippen molar-refractivity contribution in [2.24, 2.45) is 0 Å². The standard InChI is InChI=1S/C24H21ClN6O3/c1-4-18-21(14-5-7-15(25)8-6-14)23-27-26-22-19(13-20(32)34-3)29-30(24(22)31(23)28-18)16-9-11-17(33-2)12-10-16/h5-12H,4,13H2,1-3H3. The fraction of sp³-hybridized carbons (Fsp3) is 0.208. The van der Waals surface area contributed by atoms with Crippen LogP contribution in [0.15, 0.2) is 48.5 Å². The van der Waals surface area contributed by atoms with E-state index in [-0.39, 0.29) is 6.42 Å². The quantitative estimate of drug-likeness (QED) is 0.341. The van der Waals surface area contributed by atoms with E-state index in [0.29, 0.717) is 33.9 Å². The van der Waals surface area contributed by atoms with Gasteiger partial charge in [0.1, 0.15) is 11.4 Å². The normalized spacial score (nSPS) is 11.3. The highest BCUT2D eigenvalue weighted by Crippen LogP contribution is 2.31. The maximum atomic E-state index is 12.1. The molecular formula is C24H21ClN6O3. The Labute approximate surface area is 199 Å². The average molecular weight is 477 g/mol. The molecule has 0 bridgehead atoms. The lowest BCUT2D eigenvalue weighted by atomic mass is 10.0. The van der Waals surface area contributed by atoms with Gasteiger partial charge in [0.15, 0.2) is 16.8 Å². The molecular weight excluding hydrogens is 456 g/mol. The fourth-order valence-electron chi connectivity index (χ4n) is 3.92. The molecule has 0 amide bonds. The zero-order valence-electron chi connectivity index (χ0n) is 18.8. The summed E-state index contributed by atoms with van der Waals surface area (Å²) in [5.41, 5.74) is 5.56. The first-order valence-corrected chi connectivity index (χ1v) is 11.0. The molecule has 0 spiro atoms. The second-order valence-electron chi connectivity index (χ2n) is 7.60. The number of ether oxygens (including phenoxy) is 2. The fourth-order valence-corrected chi connectivity index (χ4v) is 4.04. The van der Waals surface area contributed by atoms with E-state index in [1.165, 1.54) is 7.11 Å². The lowest BCUT2D eigenvalue weighted by molar-refractivity contribution is -0.139. The maximum Gasteiger partial charge on any atom is 0.311 e. The number of esters is 1. The number of carbonyl (C=O) groups excluding carboxylic acids is 1. The molecule has 0 atom stereocenters. The summed E-state index contributed by atoms with van der Waals surface area (Å²) >= 11 is 6.10. The molecule has 0 radical (unpaired) electrons. The summed E-state index contributed by atoms with van der Waals surface area (Å²) in [6.45, 7) is 2.04. The van der Waals surface area contributed by atoms with Gasteiger partial charge in [-0.05, 0) is 48.4 Å². The van der Waals surface area contributed by atoms with E-state index in [0.717, 1.165) is 28.3 Å². The Balaban J connectivity index is 1.81. The summed E-state index contributed by atoms with van der Waals surface area (Å²) < 4.78 is 13.6. The van der Waals surface area contributed by atoms with Crippen molar-refractivity contribution in [1.82, 2.24) is 29.6 Å². The Hall–Kier alpha value is -3.98. The van der Waals surface area contributed by atoms with E-state index >= 15 is 0 Å². The van der Waals surface area contributed by atoms with Gasteiger partial charge in [-0.3, -0.25) is 4.79 Å². The van der Waals surface area contributed by atoms with Crippen LogP contribution in [-0.2, 0) is 22.4 Å². The van der Waals surface area contributed by atoms with Crippen molar-refractivity contribution in [3.63, 3.8) is 0 Å². The second kappa shape index (κ2) is 8.75. The van der Waals surface area contributed by atoms with Gasteiger partial charge in [-0.2, -0.15) is 14.7 Å². The monoisotopic (exact) mass is 476 g/mol. The minimum atomic E-state index is -0.417. The van der Waals surface area contributed by atoms with Crippen molar-refractivity contribution in [3.05, 3.63) is 64.9 Å². The molecule has 0 unspecified atom stereocenters. The molecule has 0 aliphatic rings. The molecule has 0 N–H and O–H groups in total. The van der Waals surface area contributed by atoms with Crippen LogP contribution in [0.3, 0.4) is 0 Å². The zero-order chi connectivity index (χ0) is 23.8. The smallest absolute Gasteiger partial charge is 0.311 e. The summed E-state index contributed by atoms with van der Waals surface area (Å²) in [6, 6.07) is 15.0. The molecule has 0 aliphatic carbocycles. The van der Waals surface area contributed by atoms with Crippen molar-refractivity contribution in [2.75, 3.05) is 14.2 Å². The highest BCUT2D eigenvalue weighted by atomic mass is 35.5. The Kier molecular flexibility index (Phi) is 5.62. The van der Waals surface area contributed by atoms with E-state index in [1.54, 1.807) is 16.3 Å². The van der Waals surface area contributed by atoms with Crippen LogP contribution in [0.4, 0.5) is 0 Å². The van der Waals surface area contributed by atoms with Crippen molar-refractivity contribution >= 4 is 34.4 Å². The zero-order valence-corrected chi connectivity index (χ0v) is 19.6. The minimum Gasteiger partial charge on any atom is -0.497 e. The van der Waals surface area contributed by atoms with Crippen LogP contribution in [0.5, 0.6) is 5.75 Å². The summed E-state index contributed by atoms with van der Waals surface area (Å²) in [4.78, 5) is 12.1. The van der Waals surface area contributed by atoms with Gasteiger partial charge < -0.3 is 9.47 Å². The first-order valence-electron chi connectivity index (χ1n) is 10.7. The molecule has 5 aromatic rings. The molecule has 3 aromatic heterocycles. The van der Waals surface area contributed by atoms with E-state index in [1.807, 2.05) is 55.5 Å². The van der Waals surface area contributed by atoms with Crippen LogP contribution in [0.2, 0.25) is 5.02 Å². The number of aryl methyl sites for hydroxylation is 1. The number of hydrogen-bond donors (Lipinski definition) is 0. The van der Waals surface area contributed by atoms with Gasteiger partial charge in [-0.15, -0.1) is 10.2 Å². The second-order valence-corrected chi connectivity index (χ2v) is 8.04. The first-order chi connectivity index (χ1) is 16.5. The Morgan fingerprint density at radius 1 is 0.971 bits per heavy atom. The molecule has 0 fully saturated rings. The van der Waals surface area contributed by atoms with E-state index in [9.17, 15) is 4.79 Å². The van der Waals surface area contributed by atoms with E-state index in [2.05, 4.69) is 10.2 Å². The Bertz CT molecular complexity index is 1510. The maximum absolute atomic E-state index is 12.1. The largest absolute Gasteiger partial charge is 0.497 e. The molecule has 172 valence electrons. The van der Waals surface area contributed by atoms with Gasteiger partial charge in [0.05, 0.1) is 37.6 Å². The predicted octanol–water partition coefficient (Wildman–Crippen LogP) is 4.07. The topological polar surface area (TPSA) is 96.4 Å². The molecule has 3 heterocycles. The Morgan fingerprint density at radius 2 is 1.71 bits per heavy atom. The highest BCUT2D eigenvalue weighted by Gasteiger charge is 2.24. The third kappa shape index (κ3) is 3.63. The number of halogens is 1. The summed E-state index contributed by atoms with van der Waals surface area (Å²) in [7, 11) is 2.95. The van der Waals surface area contributed by atoms with Crippen molar-refractivity contribution in [3.8, 4) is 22.6 Å². The van der Waals surface area contributed by atoms with Gasteiger partial charge in [0.25, 0.3) is 0 Å². The molecule has 0 aliphatic heterocycles. The molecule has 2 aromatic carbocycles. The van der Waals surface area contributed by atoms with Crippen LogP contribution in [0, 0.1) is 0 Å². The van der Waals surface area contributed by atoms with Gasteiger partial charge >= 0.3 is 5.97 Å². The number of benzene rings is 2. The number of hydrogen-bond acceptors (Lipinski definition) is 7. The first kappa shape index (κ1) is 21.8. The number of fused-ring (bicyclic) bond motifs is 3. The number of carbonyl (C=O) groups is 1. The number of rotatable bonds is 6. The predicted molar refractivity (Wildman–Crippen MR) is 128 cm³/mol. The molecule has 0 saturated carbocycles. The number of aromatic nitrogens is 6.